The number of rotatable bonds is 4. The van der Waals surface area contributed by atoms with Crippen molar-refractivity contribution in [1.29, 1.82) is 0 Å². The van der Waals surface area contributed by atoms with Crippen molar-refractivity contribution in [3.8, 4) is 11.1 Å². The lowest BCUT2D eigenvalue weighted by molar-refractivity contribution is 0.1000. The maximum absolute atomic E-state index is 12.3. The van der Waals surface area contributed by atoms with Crippen LogP contribution in [0.3, 0.4) is 0 Å². The molecule has 1 heterocycles. The van der Waals surface area contributed by atoms with Gasteiger partial charge in [-0.2, -0.15) is 0 Å². The van der Waals surface area contributed by atoms with Crippen LogP contribution in [0.5, 0.6) is 0 Å². The van der Waals surface area contributed by atoms with Crippen molar-refractivity contribution in [2.24, 2.45) is 5.73 Å². The van der Waals surface area contributed by atoms with E-state index in [-0.39, 0.29) is 5.91 Å². The molecule has 1 amide bonds. The molecule has 1 saturated carbocycles. The molecule has 1 aliphatic carbocycles. The first-order chi connectivity index (χ1) is 12.1. The first-order valence-electron chi connectivity index (χ1n) is 9.74. The summed E-state index contributed by atoms with van der Waals surface area (Å²) in [5, 5.41) is 0. The van der Waals surface area contributed by atoms with Crippen LogP contribution in [-0.4, -0.2) is 10.5 Å². The maximum atomic E-state index is 12.3. The van der Waals surface area contributed by atoms with E-state index in [0.29, 0.717) is 11.6 Å². The molecular formula is C22H30N2O. The SMILES string of the molecule is CCc1c(-c2ccccc2)c(C(N)=O)c(C)n1C1CCCCCCC1. The molecule has 1 aliphatic rings. The molecular weight excluding hydrogens is 308 g/mol. The molecule has 3 heteroatoms. The van der Waals surface area contributed by atoms with Crippen LogP contribution in [0.4, 0.5) is 0 Å². The van der Waals surface area contributed by atoms with Crippen molar-refractivity contribution in [3.63, 3.8) is 0 Å². The van der Waals surface area contributed by atoms with Crippen LogP contribution in [0, 0.1) is 6.92 Å². The van der Waals surface area contributed by atoms with Crippen molar-refractivity contribution in [2.45, 2.75) is 71.3 Å². The Kier molecular flexibility index (Phi) is 5.62. The van der Waals surface area contributed by atoms with Gasteiger partial charge in [0.1, 0.15) is 0 Å². The molecule has 0 bridgehead atoms. The summed E-state index contributed by atoms with van der Waals surface area (Å²) in [5.41, 5.74) is 11.0. The molecule has 3 rings (SSSR count). The van der Waals surface area contributed by atoms with Crippen LogP contribution < -0.4 is 5.73 Å². The summed E-state index contributed by atoms with van der Waals surface area (Å²) < 4.78 is 2.45. The number of carbonyl (C=O) groups is 1. The average molecular weight is 338 g/mol. The van der Waals surface area contributed by atoms with Crippen LogP contribution in [0.25, 0.3) is 11.1 Å². The van der Waals surface area contributed by atoms with E-state index in [4.69, 9.17) is 5.73 Å². The Labute approximate surface area is 151 Å². The third-order valence-electron chi connectivity index (χ3n) is 5.64. The smallest absolute Gasteiger partial charge is 0.251 e. The molecule has 0 radical (unpaired) electrons. The van der Waals surface area contributed by atoms with Gasteiger partial charge in [-0.05, 0) is 31.7 Å². The predicted molar refractivity (Wildman–Crippen MR) is 104 cm³/mol. The molecule has 3 nitrogen and oxygen atoms in total. The third kappa shape index (κ3) is 3.51. The predicted octanol–water partition coefficient (Wildman–Crippen LogP) is 5.41. The second kappa shape index (κ2) is 7.90. The highest BCUT2D eigenvalue weighted by Gasteiger charge is 2.27. The number of aromatic nitrogens is 1. The quantitative estimate of drug-likeness (QED) is 0.796. The van der Waals surface area contributed by atoms with Crippen LogP contribution in [0.15, 0.2) is 30.3 Å². The zero-order chi connectivity index (χ0) is 17.8. The number of carbonyl (C=O) groups excluding carboxylic acids is 1. The van der Waals surface area contributed by atoms with E-state index in [1.165, 1.54) is 50.6 Å². The van der Waals surface area contributed by atoms with Crippen molar-refractivity contribution >= 4 is 5.91 Å². The molecule has 25 heavy (non-hydrogen) atoms. The Balaban J connectivity index is 2.17. The highest BCUT2D eigenvalue weighted by atomic mass is 16.1. The van der Waals surface area contributed by atoms with E-state index in [1.807, 2.05) is 18.2 Å². The van der Waals surface area contributed by atoms with Gasteiger partial charge in [-0.15, -0.1) is 0 Å². The van der Waals surface area contributed by atoms with Gasteiger partial charge in [-0.3, -0.25) is 4.79 Å². The summed E-state index contributed by atoms with van der Waals surface area (Å²) in [4.78, 5) is 12.3. The number of hydrogen-bond donors (Lipinski definition) is 1. The number of amides is 1. The molecule has 0 unspecified atom stereocenters. The molecule has 1 fully saturated rings. The van der Waals surface area contributed by atoms with E-state index in [9.17, 15) is 4.79 Å². The monoisotopic (exact) mass is 338 g/mol. The fourth-order valence-corrected chi connectivity index (χ4v) is 4.52. The number of primary amides is 1. The molecule has 2 aromatic rings. The second-order valence-corrected chi connectivity index (χ2v) is 7.23. The van der Waals surface area contributed by atoms with Gasteiger partial charge in [-0.1, -0.05) is 69.4 Å². The molecule has 134 valence electrons. The van der Waals surface area contributed by atoms with E-state index in [2.05, 4.69) is 30.5 Å². The Hall–Kier alpha value is -2.03. The zero-order valence-electron chi connectivity index (χ0n) is 15.6. The minimum absolute atomic E-state index is 0.310. The highest BCUT2D eigenvalue weighted by molar-refractivity contribution is 6.02. The Morgan fingerprint density at radius 1 is 1.08 bits per heavy atom. The number of hydrogen-bond acceptors (Lipinski definition) is 1. The van der Waals surface area contributed by atoms with Crippen LogP contribution >= 0.6 is 0 Å². The lowest BCUT2D eigenvalue weighted by Crippen LogP contribution is -2.17. The third-order valence-corrected chi connectivity index (χ3v) is 5.64. The largest absolute Gasteiger partial charge is 0.366 e. The van der Waals surface area contributed by atoms with Gasteiger partial charge < -0.3 is 10.3 Å². The molecule has 0 atom stereocenters. The molecule has 0 aliphatic heterocycles. The van der Waals surface area contributed by atoms with Gasteiger partial charge in [0, 0.05) is 23.0 Å². The standard InChI is InChI=1S/C22H30N2O/c1-3-19-21(17-12-8-7-9-13-17)20(22(23)25)16(2)24(19)18-14-10-5-4-6-11-15-18/h7-9,12-13,18H,3-6,10-11,14-15H2,1-2H3,(H2,23,25). The maximum Gasteiger partial charge on any atom is 0.251 e. The minimum Gasteiger partial charge on any atom is -0.366 e. The fraction of sp³-hybridized carbons (Fsp3) is 0.500. The Morgan fingerprint density at radius 3 is 2.24 bits per heavy atom. The number of benzene rings is 1. The molecule has 1 aromatic heterocycles. The lowest BCUT2D eigenvalue weighted by Gasteiger charge is -2.25. The van der Waals surface area contributed by atoms with Gasteiger partial charge in [0.15, 0.2) is 0 Å². The number of nitrogens with zero attached hydrogens (tertiary/aromatic N) is 1. The van der Waals surface area contributed by atoms with Crippen molar-refractivity contribution < 1.29 is 4.79 Å². The Bertz CT molecular complexity index is 722. The summed E-state index contributed by atoms with van der Waals surface area (Å²) in [7, 11) is 0. The summed E-state index contributed by atoms with van der Waals surface area (Å²) in [6.07, 6.45) is 9.88. The van der Waals surface area contributed by atoms with E-state index < -0.39 is 0 Å². The van der Waals surface area contributed by atoms with E-state index in [1.54, 1.807) is 0 Å². The van der Waals surface area contributed by atoms with Crippen LogP contribution in [0.2, 0.25) is 0 Å². The summed E-state index contributed by atoms with van der Waals surface area (Å²) in [6.45, 7) is 4.26. The normalized spacial score (nSPS) is 16.4. The molecule has 2 N–H and O–H groups in total. The molecule has 1 aromatic carbocycles. The van der Waals surface area contributed by atoms with Gasteiger partial charge >= 0.3 is 0 Å². The van der Waals surface area contributed by atoms with Crippen molar-refractivity contribution in [2.75, 3.05) is 0 Å². The summed E-state index contributed by atoms with van der Waals surface area (Å²) in [6, 6.07) is 10.7. The van der Waals surface area contributed by atoms with Crippen LogP contribution in [-0.2, 0) is 6.42 Å². The fourth-order valence-electron chi connectivity index (χ4n) is 4.52. The first-order valence-corrected chi connectivity index (χ1v) is 9.74. The molecule has 0 spiro atoms. The van der Waals surface area contributed by atoms with Crippen molar-refractivity contribution in [3.05, 3.63) is 47.3 Å². The van der Waals surface area contributed by atoms with Gasteiger partial charge in [0.2, 0.25) is 0 Å². The average Bonchev–Trinajstić information content (AvgIpc) is 2.88. The summed E-state index contributed by atoms with van der Waals surface area (Å²) >= 11 is 0. The van der Waals surface area contributed by atoms with E-state index in [0.717, 1.165) is 23.2 Å². The van der Waals surface area contributed by atoms with E-state index >= 15 is 0 Å². The van der Waals surface area contributed by atoms with Crippen LogP contribution in [0.1, 0.15) is 79.7 Å². The van der Waals surface area contributed by atoms with Gasteiger partial charge in [0.05, 0.1) is 5.56 Å². The van der Waals surface area contributed by atoms with Crippen molar-refractivity contribution in [1.82, 2.24) is 4.57 Å². The molecule has 0 saturated heterocycles. The zero-order valence-corrected chi connectivity index (χ0v) is 15.6. The van der Waals surface area contributed by atoms with Gasteiger partial charge in [-0.25, -0.2) is 0 Å². The van der Waals surface area contributed by atoms with Gasteiger partial charge in [0.25, 0.3) is 5.91 Å². The summed E-state index contributed by atoms with van der Waals surface area (Å²) in [5.74, 6) is -0.310. The minimum atomic E-state index is -0.310. The highest BCUT2D eigenvalue weighted by Crippen LogP contribution is 2.38. The Morgan fingerprint density at radius 2 is 1.68 bits per heavy atom. The number of nitrogens with two attached hydrogens (primary N) is 1. The lowest BCUT2D eigenvalue weighted by atomic mass is 9.96. The topological polar surface area (TPSA) is 48.0 Å². The second-order valence-electron chi connectivity index (χ2n) is 7.23. The first kappa shape index (κ1) is 17.8.